The second-order valence-corrected chi connectivity index (χ2v) is 1.90. The van der Waals surface area contributed by atoms with Crippen molar-refractivity contribution in [3.63, 3.8) is 0 Å². The fraction of sp³-hybridized carbons (Fsp3) is 1.00. The van der Waals surface area contributed by atoms with Crippen LogP contribution in [0.2, 0.25) is 0 Å². The number of rotatable bonds is 5. The monoisotopic (exact) mass is 132 g/mol. The van der Waals surface area contributed by atoms with Crippen LogP contribution in [0, 0.1) is 0 Å². The van der Waals surface area contributed by atoms with E-state index in [1.807, 2.05) is 0 Å². The maximum Gasteiger partial charge on any atom is 0.0806 e. The highest BCUT2D eigenvalue weighted by Crippen LogP contribution is 1.84. The van der Waals surface area contributed by atoms with Crippen LogP contribution in [0.15, 0.2) is 0 Å². The lowest BCUT2D eigenvalue weighted by molar-refractivity contribution is 0.109. The molecule has 0 spiro atoms. The van der Waals surface area contributed by atoms with Gasteiger partial charge in [-0.15, -0.1) is 0 Å². The Balaban J connectivity index is 3.09. The summed E-state index contributed by atoms with van der Waals surface area (Å²) in [6.45, 7) is 7.95. The van der Waals surface area contributed by atoms with Gasteiger partial charge in [-0.1, -0.05) is 13.8 Å². The van der Waals surface area contributed by atoms with E-state index in [-0.39, 0.29) is 0 Å². The lowest BCUT2D eigenvalue weighted by Gasteiger charge is -2.16. The average molecular weight is 132 g/mol. The second-order valence-electron chi connectivity index (χ2n) is 1.90. The molecule has 0 aromatic carbocycles. The van der Waals surface area contributed by atoms with Crippen molar-refractivity contribution in [2.45, 2.75) is 13.8 Å². The first-order chi connectivity index (χ1) is 4.35. The van der Waals surface area contributed by atoms with E-state index in [2.05, 4.69) is 23.6 Å². The van der Waals surface area contributed by atoms with Gasteiger partial charge >= 0.3 is 0 Å². The average Bonchev–Trinajstić information content (AvgIpc) is 1.91. The van der Waals surface area contributed by atoms with Crippen molar-refractivity contribution >= 4 is 0 Å². The molecule has 56 valence electrons. The van der Waals surface area contributed by atoms with E-state index in [9.17, 15) is 0 Å². The van der Waals surface area contributed by atoms with Crippen molar-refractivity contribution < 1.29 is 4.84 Å². The normalized spacial score (nSPS) is 10.7. The van der Waals surface area contributed by atoms with E-state index >= 15 is 0 Å². The van der Waals surface area contributed by atoms with Gasteiger partial charge in [0.25, 0.3) is 0 Å². The van der Waals surface area contributed by atoms with Crippen LogP contribution < -0.4 is 5.90 Å². The summed E-state index contributed by atoms with van der Waals surface area (Å²) in [5.74, 6) is 4.86. The molecule has 0 heterocycles. The molecule has 0 aliphatic rings. The van der Waals surface area contributed by atoms with Gasteiger partial charge in [0.1, 0.15) is 0 Å². The topological polar surface area (TPSA) is 38.5 Å². The molecule has 0 saturated carbocycles. The zero-order valence-corrected chi connectivity index (χ0v) is 6.26. The van der Waals surface area contributed by atoms with Gasteiger partial charge in [0.15, 0.2) is 0 Å². The molecule has 0 aromatic heterocycles. The van der Waals surface area contributed by atoms with E-state index in [4.69, 9.17) is 5.90 Å². The smallest absolute Gasteiger partial charge is 0.0806 e. The van der Waals surface area contributed by atoms with Gasteiger partial charge in [0.2, 0.25) is 0 Å². The molecule has 2 N–H and O–H groups in total. The Morgan fingerprint density at radius 3 is 2.22 bits per heavy atom. The summed E-state index contributed by atoms with van der Waals surface area (Å²) in [6.07, 6.45) is 0. The third-order valence-corrected chi connectivity index (χ3v) is 1.42. The maximum atomic E-state index is 4.86. The molecule has 0 aromatic rings. The van der Waals surface area contributed by atoms with Crippen molar-refractivity contribution in [1.29, 1.82) is 0 Å². The minimum absolute atomic E-state index is 0.627. The van der Waals surface area contributed by atoms with E-state index in [0.717, 1.165) is 19.6 Å². The summed E-state index contributed by atoms with van der Waals surface area (Å²) in [5, 5.41) is 0. The largest absolute Gasteiger partial charge is 0.303 e. The molecular formula is C6H16N2O. The predicted molar refractivity (Wildman–Crippen MR) is 37.9 cm³/mol. The molecule has 9 heavy (non-hydrogen) atoms. The fourth-order valence-electron chi connectivity index (χ4n) is 0.722. The Morgan fingerprint density at radius 1 is 1.33 bits per heavy atom. The summed E-state index contributed by atoms with van der Waals surface area (Å²) in [6, 6.07) is 0. The van der Waals surface area contributed by atoms with Crippen molar-refractivity contribution in [2.75, 3.05) is 26.2 Å². The Kier molecular flexibility index (Phi) is 5.93. The minimum atomic E-state index is 0.627. The van der Waals surface area contributed by atoms with E-state index in [1.54, 1.807) is 0 Å². The molecule has 0 fully saturated rings. The fourth-order valence-corrected chi connectivity index (χ4v) is 0.722. The first kappa shape index (κ1) is 8.88. The summed E-state index contributed by atoms with van der Waals surface area (Å²) < 4.78 is 0. The zero-order chi connectivity index (χ0) is 7.11. The molecule has 0 radical (unpaired) electrons. The standard InChI is InChI=1S/C6H16N2O/c1-3-8(4-2)5-6-9-7/h3-7H2,1-2H3. The van der Waals surface area contributed by atoms with Crippen molar-refractivity contribution in [2.24, 2.45) is 5.90 Å². The van der Waals surface area contributed by atoms with Crippen molar-refractivity contribution in [1.82, 2.24) is 4.90 Å². The number of hydrogen-bond donors (Lipinski definition) is 1. The van der Waals surface area contributed by atoms with Crippen molar-refractivity contribution in [3.05, 3.63) is 0 Å². The molecule has 0 amide bonds. The van der Waals surface area contributed by atoms with Gasteiger partial charge in [0, 0.05) is 6.54 Å². The van der Waals surface area contributed by atoms with E-state index in [1.165, 1.54) is 0 Å². The number of nitrogens with two attached hydrogens (primary N) is 1. The molecule has 0 rings (SSSR count). The first-order valence-electron chi connectivity index (χ1n) is 3.39. The Hall–Kier alpha value is -0.120. The van der Waals surface area contributed by atoms with Crippen LogP contribution in [0.3, 0.4) is 0 Å². The van der Waals surface area contributed by atoms with Gasteiger partial charge in [-0.05, 0) is 13.1 Å². The SMILES string of the molecule is CCN(CC)CCON. The number of nitrogens with zero attached hydrogens (tertiary/aromatic N) is 1. The molecule has 0 atom stereocenters. The molecule has 3 heteroatoms. The van der Waals surface area contributed by atoms with Crippen LogP contribution in [-0.4, -0.2) is 31.1 Å². The van der Waals surface area contributed by atoms with Gasteiger partial charge in [0.05, 0.1) is 6.61 Å². The van der Waals surface area contributed by atoms with Crippen LogP contribution in [0.4, 0.5) is 0 Å². The molecule has 0 bridgehead atoms. The third-order valence-electron chi connectivity index (χ3n) is 1.42. The molecule has 0 aliphatic carbocycles. The maximum absolute atomic E-state index is 4.86. The highest BCUT2D eigenvalue weighted by atomic mass is 16.6. The van der Waals surface area contributed by atoms with E-state index < -0.39 is 0 Å². The summed E-state index contributed by atoms with van der Waals surface area (Å²) in [5.41, 5.74) is 0. The van der Waals surface area contributed by atoms with Crippen LogP contribution in [0.1, 0.15) is 13.8 Å². The third kappa shape index (κ3) is 4.39. The van der Waals surface area contributed by atoms with Gasteiger partial charge < -0.3 is 9.74 Å². The molecular weight excluding hydrogens is 116 g/mol. The quantitative estimate of drug-likeness (QED) is 0.544. The number of hydrogen-bond acceptors (Lipinski definition) is 3. The van der Waals surface area contributed by atoms with Crippen LogP contribution in [-0.2, 0) is 4.84 Å². The lowest BCUT2D eigenvalue weighted by atomic mass is 10.5. The number of likely N-dealkylation sites (N-methyl/N-ethyl adjacent to an activating group) is 1. The Bertz CT molecular complexity index is 55.0. The second kappa shape index (κ2) is 6.01. The zero-order valence-electron chi connectivity index (χ0n) is 6.26. The Morgan fingerprint density at radius 2 is 1.89 bits per heavy atom. The van der Waals surface area contributed by atoms with Gasteiger partial charge in [-0.2, -0.15) is 0 Å². The molecule has 3 nitrogen and oxygen atoms in total. The lowest BCUT2D eigenvalue weighted by Crippen LogP contribution is -2.27. The van der Waals surface area contributed by atoms with Crippen LogP contribution >= 0.6 is 0 Å². The summed E-state index contributed by atoms with van der Waals surface area (Å²) in [4.78, 5) is 6.69. The van der Waals surface area contributed by atoms with Crippen molar-refractivity contribution in [3.8, 4) is 0 Å². The highest BCUT2D eigenvalue weighted by molar-refractivity contribution is 4.48. The summed E-state index contributed by atoms with van der Waals surface area (Å²) >= 11 is 0. The highest BCUT2D eigenvalue weighted by Gasteiger charge is 1.95. The Labute approximate surface area is 56.7 Å². The van der Waals surface area contributed by atoms with E-state index in [0.29, 0.717) is 6.61 Å². The molecule has 0 unspecified atom stereocenters. The predicted octanol–water partition coefficient (Wildman–Crippen LogP) is 0.219. The van der Waals surface area contributed by atoms with Crippen LogP contribution in [0.5, 0.6) is 0 Å². The first-order valence-corrected chi connectivity index (χ1v) is 3.39. The summed E-state index contributed by atoms with van der Waals surface area (Å²) in [7, 11) is 0. The van der Waals surface area contributed by atoms with Gasteiger partial charge in [-0.3, -0.25) is 0 Å². The van der Waals surface area contributed by atoms with Gasteiger partial charge in [-0.25, -0.2) is 5.90 Å². The molecule has 0 aliphatic heterocycles. The molecule has 0 saturated heterocycles. The minimum Gasteiger partial charge on any atom is -0.303 e. The van der Waals surface area contributed by atoms with Crippen LogP contribution in [0.25, 0.3) is 0 Å².